The van der Waals surface area contributed by atoms with Crippen molar-refractivity contribution in [1.29, 1.82) is 0 Å². The lowest BCUT2D eigenvalue weighted by molar-refractivity contribution is 0.647. The molecule has 0 unspecified atom stereocenters. The molecule has 0 N–H and O–H groups in total. The van der Waals surface area contributed by atoms with Crippen molar-refractivity contribution >= 4 is 21.9 Å². The Morgan fingerprint density at radius 2 is 0.885 bits per heavy atom. The average Bonchev–Trinajstić information content (AvgIpc) is 3.68. The van der Waals surface area contributed by atoms with Crippen molar-refractivity contribution in [3.63, 3.8) is 0 Å². The zero-order valence-corrected chi connectivity index (χ0v) is 28.8. The quantitative estimate of drug-likeness (QED) is 0.183. The molecule has 0 radical (unpaired) electrons. The van der Waals surface area contributed by atoms with Crippen molar-refractivity contribution in [3.8, 4) is 67.5 Å². The lowest BCUT2D eigenvalue weighted by atomic mass is 9.82. The molecule has 2 aromatic heterocycles. The number of hydrogen-bond donors (Lipinski definition) is 0. The summed E-state index contributed by atoms with van der Waals surface area (Å²) in [6.45, 7) is 4.61. The second-order valence-electron chi connectivity index (χ2n) is 14.1. The van der Waals surface area contributed by atoms with Crippen molar-refractivity contribution in [3.05, 3.63) is 175 Å². The number of furan rings is 1. The van der Waals surface area contributed by atoms with E-state index in [9.17, 15) is 0 Å². The SMILES string of the molecule is CC1(C)c2ccccc2-c2cc3c(cc21)oc1cc(-c2cccc(-c4nc(-c5ccccc5)nc(-c5ccc(-c6ccccc6)cc5)n4)c2)ccc13. The Labute approximate surface area is 302 Å². The third-order valence-corrected chi connectivity index (χ3v) is 10.5. The van der Waals surface area contributed by atoms with Crippen LogP contribution in [0, 0.1) is 0 Å². The fraction of sp³-hybridized carbons (Fsp3) is 0.0625. The Morgan fingerprint density at radius 3 is 1.63 bits per heavy atom. The van der Waals surface area contributed by atoms with Crippen LogP contribution in [-0.4, -0.2) is 15.0 Å². The van der Waals surface area contributed by atoms with Gasteiger partial charge in [-0.25, -0.2) is 15.0 Å². The molecule has 10 rings (SSSR count). The third-order valence-electron chi connectivity index (χ3n) is 10.5. The summed E-state index contributed by atoms with van der Waals surface area (Å²) >= 11 is 0. The van der Waals surface area contributed by atoms with Crippen molar-refractivity contribution in [2.75, 3.05) is 0 Å². The number of fused-ring (bicyclic) bond motifs is 6. The highest BCUT2D eigenvalue weighted by molar-refractivity contribution is 6.08. The Kier molecular flexibility index (Phi) is 6.80. The fourth-order valence-corrected chi connectivity index (χ4v) is 7.78. The van der Waals surface area contributed by atoms with E-state index in [0.717, 1.165) is 55.3 Å². The third kappa shape index (κ3) is 4.95. The summed E-state index contributed by atoms with van der Waals surface area (Å²) < 4.78 is 6.58. The van der Waals surface area contributed by atoms with E-state index in [1.54, 1.807) is 0 Å². The minimum absolute atomic E-state index is 0.0778. The normalized spacial score (nSPS) is 13.0. The highest BCUT2D eigenvalue weighted by atomic mass is 16.3. The van der Waals surface area contributed by atoms with Crippen molar-refractivity contribution < 1.29 is 4.42 Å². The van der Waals surface area contributed by atoms with Crippen LogP contribution in [0.25, 0.3) is 89.5 Å². The van der Waals surface area contributed by atoms with Crippen LogP contribution in [0.1, 0.15) is 25.0 Å². The maximum Gasteiger partial charge on any atom is 0.164 e. The van der Waals surface area contributed by atoms with Gasteiger partial charge in [0, 0.05) is 32.9 Å². The summed E-state index contributed by atoms with van der Waals surface area (Å²) in [6, 6.07) is 57.2. The zero-order valence-electron chi connectivity index (χ0n) is 28.8. The van der Waals surface area contributed by atoms with Crippen LogP contribution in [0.15, 0.2) is 168 Å². The van der Waals surface area contributed by atoms with E-state index < -0.39 is 0 Å². The van der Waals surface area contributed by atoms with Crippen molar-refractivity contribution in [2.24, 2.45) is 0 Å². The van der Waals surface area contributed by atoms with Gasteiger partial charge in [0.15, 0.2) is 17.5 Å². The Balaban J connectivity index is 1.04. The molecular weight excluding hydrogens is 635 g/mol. The van der Waals surface area contributed by atoms with Crippen LogP contribution in [0.2, 0.25) is 0 Å². The molecule has 0 fully saturated rings. The van der Waals surface area contributed by atoms with Gasteiger partial charge >= 0.3 is 0 Å². The van der Waals surface area contributed by atoms with Crippen LogP contribution in [0.3, 0.4) is 0 Å². The molecule has 0 atom stereocenters. The van der Waals surface area contributed by atoms with Gasteiger partial charge in [-0.05, 0) is 74.8 Å². The van der Waals surface area contributed by atoms with Crippen LogP contribution >= 0.6 is 0 Å². The monoisotopic (exact) mass is 667 g/mol. The van der Waals surface area contributed by atoms with Crippen LogP contribution in [0.4, 0.5) is 0 Å². The predicted molar refractivity (Wildman–Crippen MR) is 212 cm³/mol. The van der Waals surface area contributed by atoms with Gasteiger partial charge in [-0.15, -0.1) is 0 Å². The minimum Gasteiger partial charge on any atom is -0.456 e. The lowest BCUT2D eigenvalue weighted by Gasteiger charge is -2.21. The first-order valence-electron chi connectivity index (χ1n) is 17.7. The summed E-state index contributed by atoms with van der Waals surface area (Å²) in [7, 11) is 0. The molecule has 9 aromatic rings. The van der Waals surface area contributed by atoms with Gasteiger partial charge < -0.3 is 4.42 Å². The molecule has 0 saturated carbocycles. The van der Waals surface area contributed by atoms with Gasteiger partial charge in [0.25, 0.3) is 0 Å². The summed E-state index contributed by atoms with van der Waals surface area (Å²) in [5, 5.41) is 2.26. The van der Waals surface area contributed by atoms with Crippen LogP contribution in [-0.2, 0) is 5.41 Å². The Morgan fingerprint density at radius 1 is 0.365 bits per heavy atom. The van der Waals surface area contributed by atoms with Crippen LogP contribution in [0.5, 0.6) is 0 Å². The maximum atomic E-state index is 6.58. The van der Waals surface area contributed by atoms with Gasteiger partial charge in [0.2, 0.25) is 0 Å². The topological polar surface area (TPSA) is 51.8 Å². The molecule has 0 amide bonds. The summed E-state index contributed by atoms with van der Waals surface area (Å²) in [4.78, 5) is 15.0. The van der Waals surface area contributed by atoms with Gasteiger partial charge in [0.05, 0.1) is 0 Å². The highest BCUT2D eigenvalue weighted by Gasteiger charge is 2.36. The molecular formula is C48H33N3O. The minimum atomic E-state index is -0.0778. The average molecular weight is 668 g/mol. The highest BCUT2D eigenvalue weighted by Crippen LogP contribution is 2.50. The first-order valence-corrected chi connectivity index (χ1v) is 17.7. The molecule has 4 heteroatoms. The van der Waals surface area contributed by atoms with Gasteiger partial charge in [0.1, 0.15) is 11.2 Å². The zero-order chi connectivity index (χ0) is 34.8. The molecule has 0 saturated heterocycles. The smallest absolute Gasteiger partial charge is 0.164 e. The summed E-state index contributed by atoms with van der Waals surface area (Å²) in [6.07, 6.45) is 0. The van der Waals surface area contributed by atoms with E-state index in [2.05, 4.69) is 141 Å². The number of benzene rings is 7. The van der Waals surface area contributed by atoms with E-state index >= 15 is 0 Å². The molecule has 52 heavy (non-hydrogen) atoms. The van der Waals surface area contributed by atoms with E-state index in [-0.39, 0.29) is 5.41 Å². The van der Waals surface area contributed by atoms with Gasteiger partial charge in [-0.1, -0.05) is 147 Å². The Hall–Kier alpha value is -6.65. The number of aromatic nitrogens is 3. The standard InChI is InChI=1S/C48H33N3O/c1-48(2)41-19-10-9-18-37(41)39-28-40-38-25-24-35(27-43(38)52-44(40)29-42(39)48)34-16-11-17-36(26-34)47-50-45(32-14-7-4-8-15-32)49-46(51-47)33-22-20-31(21-23-33)30-12-5-3-6-13-30/h3-29H,1-2H3. The molecule has 4 nitrogen and oxygen atoms in total. The molecule has 0 spiro atoms. The number of nitrogens with zero attached hydrogens (tertiary/aromatic N) is 3. The molecule has 0 bridgehead atoms. The predicted octanol–water partition coefficient (Wildman–Crippen LogP) is 12.4. The van der Waals surface area contributed by atoms with Crippen LogP contribution < -0.4 is 0 Å². The second kappa shape index (κ2) is 11.7. The first kappa shape index (κ1) is 30.2. The fourth-order valence-electron chi connectivity index (χ4n) is 7.78. The first-order chi connectivity index (χ1) is 25.5. The van der Waals surface area contributed by atoms with E-state index in [1.165, 1.54) is 27.8 Å². The lowest BCUT2D eigenvalue weighted by Crippen LogP contribution is -2.14. The number of rotatable bonds is 5. The van der Waals surface area contributed by atoms with Crippen molar-refractivity contribution in [2.45, 2.75) is 19.3 Å². The summed E-state index contributed by atoms with van der Waals surface area (Å²) in [5.41, 5.74) is 14.3. The van der Waals surface area contributed by atoms with E-state index in [1.807, 2.05) is 36.4 Å². The molecule has 1 aliphatic rings. The summed E-state index contributed by atoms with van der Waals surface area (Å²) in [5.74, 6) is 1.90. The molecule has 0 aliphatic heterocycles. The second-order valence-corrected chi connectivity index (χ2v) is 14.1. The molecule has 1 aliphatic carbocycles. The molecule has 7 aromatic carbocycles. The van der Waals surface area contributed by atoms with Crippen molar-refractivity contribution in [1.82, 2.24) is 15.0 Å². The maximum absolute atomic E-state index is 6.58. The largest absolute Gasteiger partial charge is 0.456 e. The van der Waals surface area contributed by atoms with E-state index in [4.69, 9.17) is 19.4 Å². The number of hydrogen-bond acceptors (Lipinski definition) is 4. The van der Waals surface area contributed by atoms with Gasteiger partial charge in [-0.2, -0.15) is 0 Å². The van der Waals surface area contributed by atoms with Gasteiger partial charge in [-0.3, -0.25) is 0 Å². The molecule has 246 valence electrons. The Bertz CT molecular complexity index is 2800. The van der Waals surface area contributed by atoms with E-state index in [0.29, 0.717) is 17.5 Å². The molecule has 2 heterocycles.